The van der Waals surface area contributed by atoms with Crippen molar-refractivity contribution in [1.29, 1.82) is 0 Å². The molecule has 1 aliphatic heterocycles. The average molecular weight is 331 g/mol. The van der Waals surface area contributed by atoms with Gasteiger partial charge in [-0.3, -0.25) is 9.88 Å². The van der Waals surface area contributed by atoms with Crippen LogP contribution in [0.25, 0.3) is 0 Å². The standard InChI is InChI=1S/C17H25N5O2/c1-17(2)13-21(11-16(24-17)12-23-3)9-15-10-22(20-19-15)8-14-5-4-6-18-7-14/h4-7,10,16H,8-9,11-13H2,1-3H3/t16-/m0/s1. The van der Waals surface area contributed by atoms with E-state index in [-0.39, 0.29) is 11.7 Å². The zero-order chi connectivity index (χ0) is 17.0. The Morgan fingerprint density at radius 3 is 3.00 bits per heavy atom. The van der Waals surface area contributed by atoms with E-state index in [0.717, 1.165) is 30.9 Å². The third-order valence-corrected chi connectivity index (χ3v) is 3.94. The molecule has 2 aromatic heterocycles. The van der Waals surface area contributed by atoms with Gasteiger partial charge in [-0.05, 0) is 25.5 Å². The van der Waals surface area contributed by atoms with Gasteiger partial charge in [0.15, 0.2) is 0 Å². The molecule has 24 heavy (non-hydrogen) atoms. The second-order valence-electron chi connectivity index (χ2n) is 6.89. The van der Waals surface area contributed by atoms with E-state index in [9.17, 15) is 0 Å². The number of aromatic nitrogens is 4. The molecule has 0 spiro atoms. The third-order valence-electron chi connectivity index (χ3n) is 3.94. The van der Waals surface area contributed by atoms with Crippen molar-refractivity contribution >= 4 is 0 Å². The Hall–Kier alpha value is -1.83. The van der Waals surface area contributed by atoms with Gasteiger partial charge < -0.3 is 9.47 Å². The van der Waals surface area contributed by atoms with Crippen LogP contribution in [-0.2, 0) is 22.6 Å². The van der Waals surface area contributed by atoms with Gasteiger partial charge in [-0.15, -0.1) is 5.10 Å². The summed E-state index contributed by atoms with van der Waals surface area (Å²) < 4.78 is 13.2. The van der Waals surface area contributed by atoms with Crippen LogP contribution in [-0.4, -0.2) is 63.4 Å². The topological polar surface area (TPSA) is 65.3 Å². The van der Waals surface area contributed by atoms with E-state index in [1.807, 2.05) is 29.2 Å². The smallest absolute Gasteiger partial charge is 0.0967 e. The summed E-state index contributed by atoms with van der Waals surface area (Å²) in [7, 11) is 1.71. The molecule has 1 fully saturated rings. The zero-order valence-corrected chi connectivity index (χ0v) is 14.6. The van der Waals surface area contributed by atoms with Gasteiger partial charge >= 0.3 is 0 Å². The van der Waals surface area contributed by atoms with Gasteiger partial charge in [0.2, 0.25) is 0 Å². The summed E-state index contributed by atoms with van der Waals surface area (Å²) in [6.45, 7) is 7.98. The van der Waals surface area contributed by atoms with E-state index in [1.54, 1.807) is 13.3 Å². The van der Waals surface area contributed by atoms with E-state index >= 15 is 0 Å². The normalized spacial score (nSPS) is 21.0. The lowest BCUT2D eigenvalue weighted by Gasteiger charge is -2.42. The van der Waals surface area contributed by atoms with Gasteiger partial charge in [0.1, 0.15) is 0 Å². The van der Waals surface area contributed by atoms with Crippen molar-refractivity contribution in [3.63, 3.8) is 0 Å². The van der Waals surface area contributed by atoms with E-state index in [2.05, 4.69) is 34.0 Å². The zero-order valence-electron chi connectivity index (χ0n) is 14.6. The SMILES string of the molecule is COC[C@@H]1CN(Cc2cn(Cc3cccnc3)nn2)CC(C)(C)O1. The monoisotopic (exact) mass is 331 g/mol. The summed E-state index contributed by atoms with van der Waals surface area (Å²) in [6.07, 6.45) is 5.71. The van der Waals surface area contributed by atoms with Gasteiger partial charge in [0, 0.05) is 39.1 Å². The van der Waals surface area contributed by atoms with Crippen molar-refractivity contribution in [2.24, 2.45) is 0 Å². The first-order chi connectivity index (χ1) is 11.5. The molecular formula is C17H25N5O2. The van der Waals surface area contributed by atoms with Crippen molar-refractivity contribution in [1.82, 2.24) is 24.9 Å². The van der Waals surface area contributed by atoms with Crippen LogP contribution < -0.4 is 0 Å². The Bertz CT molecular complexity index is 643. The summed E-state index contributed by atoms with van der Waals surface area (Å²) in [5, 5.41) is 8.53. The van der Waals surface area contributed by atoms with Crippen molar-refractivity contribution in [3.05, 3.63) is 42.0 Å². The van der Waals surface area contributed by atoms with Crippen LogP contribution >= 0.6 is 0 Å². The first kappa shape index (κ1) is 17.0. The fraction of sp³-hybridized carbons (Fsp3) is 0.588. The fourth-order valence-corrected chi connectivity index (χ4v) is 3.21. The molecule has 0 amide bonds. The molecule has 1 aliphatic rings. The highest BCUT2D eigenvalue weighted by molar-refractivity contribution is 5.09. The number of methoxy groups -OCH3 is 1. The Labute approximate surface area is 142 Å². The lowest BCUT2D eigenvalue weighted by Crippen LogP contribution is -2.53. The second-order valence-corrected chi connectivity index (χ2v) is 6.89. The molecule has 0 saturated carbocycles. The van der Waals surface area contributed by atoms with Crippen molar-refractivity contribution in [3.8, 4) is 0 Å². The third kappa shape index (κ3) is 4.59. The van der Waals surface area contributed by atoms with Crippen LogP contribution in [0.3, 0.4) is 0 Å². The molecule has 3 heterocycles. The molecule has 7 nitrogen and oxygen atoms in total. The van der Waals surface area contributed by atoms with Gasteiger partial charge in [-0.25, -0.2) is 4.68 Å². The predicted octanol–water partition coefficient (Wildman–Crippen LogP) is 1.35. The van der Waals surface area contributed by atoms with Crippen LogP contribution in [0.1, 0.15) is 25.1 Å². The highest BCUT2D eigenvalue weighted by Crippen LogP contribution is 2.22. The lowest BCUT2D eigenvalue weighted by molar-refractivity contribution is -0.154. The summed E-state index contributed by atoms with van der Waals surface area (Å²) in [5.41, 5.74) is 1.89. The molecule has 0 unspecified atom stereocenters. The molecule has 0 N–H and O–H groups in total. The predicted molar refractivity (Wildman–Crippen MR) is 89.5 cm³/mol. The quantitative estimate of drug-likeness (QED) is 0.796. The summed E-state index contributed by atoms with van der Waals surface area (Å²) >= 11 is 0. The van der Waals surface area contributed by atoms with Crippen molar-refractivity contribution in [2.75, 3.05) is 26.8 Å². The average Bonchev–Trinajstić information content (AvgIpc) is 2.94. The van der Waals surface area contributed by atoms with E-state index in [1.165, 1.54) is 0 Å². The van der Waals surface area contributed by atoms with Crippen molar-refractivity contribution < 1.29 is 9.47 Å². The van der Waals surface area contributed by atoms with Crippen LogP contribution in [0, 0.1) is 0 Å². The number of morpholine rings is 1. The Kier molecular flexibility index (Phi) is 5.23. The Balaban J connectivity index is 1.61. The van der Waals surface area contributed by atoms with E-state index < -0.39 is 0 Å². The number of rotatable bonds is 6. The van der Waals surface area contributed by atoms with Crippen LogP contribution in [0.4, 0.5) is 0 Å². The minimum atomic E-state index is -0.187. The molecule has 1 atom stereocenters. The molecule has 0 bridgehead atoms. The highest BCUT2D eigenvalue weighted by atomic mass is 16.5. The molecule has 0 aromatic carbocycles. The molecule has 3 rings (SSSR count). The number of hydrogen-bond acceptors (Lipinski definition) is 6. The molecule has 1 saturated heterocycles. The minimum Gasteiger partial charge on any atom is -0.382 e. The number of hydrogen-bond donors (Lipinski definition) is 0. The number of pyridine rings is 1. The van der Waals surface area contributed by atoms with E-state index in [4.69, 9.17) is 9.47 Å². The molecule has 130 valence electrons. The fourth-order valence-electron chi connectivity index (χ4n) is 3.21. The van der Waals surface area contributed by atoms with Crippen LogP contribution in [0.2, 0.25) is 0 Å². The minimum absolute atomic E-state index is 0.0872. The second kappa shape index (κ2) is 7.38. The summed E-state index contributed by atoms with van der Waals surface area (Å²) in [5.74, 6) is 0. The molecule has 0 aliphatic carbocycles. The molecule has 7 heteroatoms. The first-order valence-electron chi connectivity index (χ1n) is 8.21. The van der Waals surface area contributed by atoms with Gasteiger partial charge in [0.25, 0.3) is 0 Å². The maximum Gasteiger partial charge on any atom is 0.0967 e. The van der Waals surface area contributed by atoms with Gasteiger partial charge in [0.05, 0.1) is 36.7 Å². The Morgan fingerprint density at radius 2 is 2.25 bits per heavy atom. The lowest BCUT2D eigenvalue weighted by atomic mass is 10.1. The Morgan fingerprint density at radius 1 is 1.38 bits per heavy atom. The highest BCUT2D eigenvalue weighted by Gasteiger charge is 2.33. The van der Waals surface area contributed by atoms with Crippen molar-refractivity contribution in [2.45, 2.75) is 38.6 Å². The van der Waals surface area contributed by atoms with Crippen LogP contribution in [0.5, 0.6) is 0 Å². The maximum absolute atomic E-state index is 6.05. The maximum atomic E-state index is 6.05. The van der Waals surface area contributed by atoms with Gasteiger partial charge in [-0.1, -0.05) is 11.3 Å². The van der Waals surface area contributed by atoms with E-state index in [0.29, 0.717) is 13.2 Å². The van der Waals surface area contributed by atoms with Gasteiger partial charge in [-0.2, -0.15) is 0 Å². The number of nitrogens with zero attached hydrogens (tertiary/aromatic N) is 5. The summed E-state index contributed by atoms with van der Waals surface area (Å²) in [6, 6.07) is 3.97. The first-order valence-corrected chi connectivity index (χ1v) is 8.21. The largest absolute Gasteiger partial charge is 0.382 e. The number of ether oxygens (including phenoxy) is 2. The molecular weight excluding hydrogens is 306 g/mol. The van der Waals surface area contributed by atoms with Crippen LogP contribution in [0.15, 0.2) is 30.7 Å². The molecule has 0 radical (unpaired) electrons. The summed E-state index contributed by atoms with van der Waals surface area (Å²) in [4.78, 5) is 6.48. The molecule has 2 aromatic rings.